The molecule has 0 radical (unpaired) electrons. The molecule has 17 heavy (non-hydrogen) atoms. The average molecular weight is 231 g/mol. The number of rotatable bonds is 3. The number of fused-ring (bicyclic) bond motifs is 1. The van der Waals surface area contributed by atoms with Crippen molar-refractivity contribution in [1.29, 1.82) is 0 Å². The molecule has 0 spiro atoms. The molecular formula is C14H17NO2. The van der Waals surface area contributed by atoms with Gasteiger partial charge in [-0.1, -0.05) is 19.4 Å². The molecule has 0 atom stereocenters. The maximum atomic E-state index is 12.1. The molecule has 0 amide bonds. The van der Waals surface area contributed by atoms with Gasteiger partial charge in [0.05, 0.1) is 18.0 Å². The molecular weight excluding hydrogens is 214 g/mol. The highest BCUT2D eigenvalue weighted by Crippen LogP contribution is 2.25. The fourth-order valence-corrected chi connectivity index (χ4v) is 2.18. The average Bonchev–Trinajstić information content (AvgIpc) is 2.28. The number of methoxy groups -OCH3 is 1. The number of ether oxygens (including phenoxy) is 1. The normalized spacial score (nSPS) is 10.8. The van der Waals surface area contributed by atoms with Crippen molar-refractivity contribution in [1.82, 2.24) is 4.98 Å². The summed E-state index contributed by atoms with van der Waals surface area (Å²) in [6, 6.07) is 5.54. The van der Waals surface area contributed by atoms with Gasteiger partial charge in [0.2, 0.25) is 0 Å². The van der Waals surface area contributed by atoms with Crippen LogP contribution in [0.5, 0.6) is 5.75 Å². The summed E-state index contributed by atoms with van der Waals surface area (Å²) in [5.74, 6) is 0.723. The second-order valence-electron chi connectivity index (χ2n) is 4.24. The van der Waals surface area contributed by atoms with Crippen LogP contribution < -0.4 is 10.2 Å². The van der Waals surface area contributed by atoms with E-state index in [4.69, 9.17) is 4.74 Å². The van der Waals surface area contributed by atoms with E-state index in [1.165, 1.54) is 0 Å². The molecule has 2 aromatic rings. The van der Waals surface area contributed by atoms with E-state index in [2.05, 4.69) is 11.9 Å². The van der Waals surface area contributed by atoms with Crippen LogP contribution in [0.3, 0.4) is 0 Å². The molecule has 0 aliphatic rings. The summed E-state index contributed by atoms with van der Waals surface area (Å²) in [5, 5.41) is 0.761. The minimum absolute atomic E-state index is 0.0681. The van der Waals surface area contributed by atoms with E-state index < -0.39 is 0 Å². The quantitative estimate of drug-likeness (QED) is 0.882. The topological polar surface area (TPSA) is 42.1 Å². The predicted molar refractivity (Wildman–Crippen MR) is 69.9 cm³/mol. The summed E-state index contributed by atoms with van der Waals surface area (Å²) in [6.45, 7) is 3.99. The molecule has 1 heterocycles. The molecule has 2 rings (SSSR count). The Bertz CT molecular complexity index is 599. The zero-order chi connectivity index (χ0) is 12.4. The fourth-order valence-electron chi connectivity index (χ4n) is 2.18. The Morgan fingerprint density at radius 2 is 2.12 bits per heavy atom. The summed E-state index contributed by atoms with van der Waals surface area (Å²) in [6.07, 6.45) is 1.93. The summed E-state index contributed by atoms with van der Waals surface area (Å²) >= 11 is 0. The zero-order valence-electron chi connectivity index (χ0n) is 10.5. The van der Waals surface area contributed by atoms with E-state index in [9.17, 15) is 4.79 Å². The molecule has 1 aromatic carbocycles. The third-order valence-electron chi connectivity index (χ3n) is 2.91. The van der Waals surface area contributed by atoms with Crippen LogP contribution in [0.4, 0.5) is 0 Å². The molecule has 1 N–H and O–H groups in total. The largest absolute Gasteiger partial charge is 0.495 e. The van der Waals surface area contributed by atoms with E-state index >= 15 is 0 Å². The summed E-state index contributed by atoms with van der Waals surface area (Å²) in [7, 11) is 1.62. The highest BCUT2D eigenvalue weighted by molar-refractivity contribution is 5.87. The van der Waals surface area contributed by atoms with Gasteiger partial charge in [0.15, 0.2) is 5.43 Å². The lowest BCUT2D eigenvalue weighted by molar-refractivity contribution is 0.418. The molecule has 0 aliphatic heterocycles. The van der Waals surface area contributed by atoms with Crippen molar-refractivity contribution in [2.45, 2.75) is 26.7 Å². The maximum Gasteiger partial charge on any atom is 0.190 e. The third-order valence-corrected chi connectivity index (χ3v) is 2.91. The Kier molecular flexibility index (Phi) is 3.18. The van der Waals surface area contributed by atoms with Crippen LogP contribution in [-0.2, 0) is 6.42 Å². The van der Waals surface area contributed by atoms with Gasteiger partial charge in [-0.15, -0.1) is 0 Å². The van der Waals surface area contributed by atoms with Gasteiger partial charge in [0, 0.05) is 11.8 Å². The first kappa shape index (κ1) is 11.7. The van der Waals surface area contributed by atoms with Gasteiger partial charge < -0.3 is 9.72 Å². The standard InChI is InChI=1S/C14H17NO2/c1-4-5-10-6-7-12(17-3)14-13(10)11(16)8-9(2)15-14/h6-8H,4-5H2,1-3H3,(H,15,16). The molecule has 0 bridgehead atoms. The predicted octanol–water partition coefficient (Wildman–Crippen LogP) is 2.80. The smallest absolute Gasteiger partial charge is 0.190 e. The molecule has 0 fully saturated rings. The molecule has 3 nitrogen and oxygen atoms in total. The van der Waals surface area contributed by atoms with Gasteiger partial charge in [-0.25, -0.2) is 0 Å². The van der Waals surface area contributed by atoms with Crippen LogP contribution in [0.2, 0.25) is 0 Å². The van der Waals surface area contributed by atoms with Crippen LogP contribution in [-0.4, -0.2) is 12.1 Å². The summed E-state index contributed by atoms with van der Waals surface area (Å²) in [5.41, 5.74) is 2.82. The fraction of sp³-hybridized carbons (Fsp3) is 0.357. The third kappa shape index (κ3) is 2.05. The van der Waals surface area contributed by atoms with Gasteiger partial charge in [-0.2, -0.15) is 0 Å². The van der Waals surface area contributed by atoms with E-state index in [-0.39, 0.29) is 5.43 Å². The molecule has 0 unspecified atom stereocenters. The van der Waals surface area contributed by atoms with Crippen LogP contribution in [0, 0.1) is 6.92 Å². The maximum absolute atomic E-state index is 12.1. The SMILES string of the molecule is CCCc1ccc(OC)c2[nH]c(C)cc(=O)c12. The van der Waals surface area contributed by atoms with Crippen molar-refractivity contribution in [3.05, 3.63) is 39.7 Å². The first-order valence-corrected chi connectivity index (χ1v) is 5.87. The highest BCUT2D eigenvalue weighted by Gasteiger charge is 2.10. The van der Waals surface area contributed by atoms with Gasteiger partial charge in [0.1, 0.15) is 5.75 Å². The number of hydrogen-bond donors (Lipinski definition) is 1. The lowest BCUT2D eigenvalue weighted by atomic mass is 10.0. The lowest BCUT2D eigenvalue weighted by Crippen LogP contribution is -2.07. The van der Waals surface area contributed by atoms with Crippen LogP contribution >= 0.6 is 0 Å². The van der Waals surface area contributed by atoms with Crippen LogP contribution in [0.1, 0.15) is 24.6 Å². The Labute approximate surface area is 100 Å². The van der Waals surface area contributed by atoms with E-state index in [0.717, 1.165) is 40.8 Å². The monoisotopic (exact) mass is 231 g/mol. The second-order valence-corrected chi connectivity index (χ2v) is 4.24. The van der Waals surface area contributed by atoms with E-state index in [1.54, 1.807) is 13.2 Å². The Hall–Kier alpha value is -1.77. The highest BCUT2D eigenvalue weighted by atomic mass is 16.5. The van der Waals surface area contributed by atoms with Gasteiger partial charge in [0.25, 0.3) is 0 Å². The number of hydrogen-bond acceptors (Lipinski definition) is 2. The first-order valence-electron chi connectivity index (χ1n) is 5.87. The summed E-state index contributed by atoms with van der Waals surface area (Å²) < 4.78 is 5.30. The number of aryl methyl sites for hydroxylation is 2. The molecule has 1 aromatic heterocycles. The van der Waals surface area contributed by atoms with Crippen LogP contribution in [0.25, 0.3) is 10.9 Å². The minimum atomic E-state index is 0.0681. The molecule has 90 valence electrons. The molecule has 0 aliphatic carbocycles. The van der Waals surface area contributed by atoms with Crippen molar-refractivity contribution in [3.8, 4) is 5.75 Å². The van der Waals surface area contributed by atoms with Gasteiger partial charge in [-0.05, 0) is 25.0 Å². The molecule has 0 saturated heterocycles. The van der Waals surface area contributed by atoms with Gasteiger partial charge in [-0.3, -0.25) is 4.79 Å². The van der Waals surface area contributed by atoms with E-state index in [1.807, 2.05) is 19.1 Å². The molecule has 0 saturated carbocycles. The van der Waals surface area contributed by atoms with E-state index in [0.29, 0.717) is 0 Å². The number of benzene rings is 1. The lowest BCUT2D eigenvalue weighted by Gasteiger charge is -2.10. The number of aromatic amines is 1. The number of pyridine rings is 1. The Morgan fingerprint density at radius 1 is 1.35 bits per heavy atom. The van der Waals surface area contributed by atoms with Crippen molar-refractivity contribution >= 4 is 10.9 Å². The van der Waals surface area contributed by atoms with Crippen molar-refractivity contribution in [3.63, 3.8) is 0 Å². The van der Waals surface area contributed by atoms with Crippen molar-refractivity contribution < 1.29 is 4.74 Å². The summed E-state index contributed by atoms with van der Waals surface area (Å²) in [4.78, 5) is 15.3. The zero-order valence-corrected chi connectivity index (χ0v) is 10.5. The van der Waals surface area contributed by atoms with Crippen LogP contribution in [0.15, 0.2) is 23.0 Å². The van der Waals surface area contributed by atoms with Crippen molar-refractivity contribution in [2.75, 3.05) is 7.11 Å². The second kappa shape index (κ2) is 4.62. The van der Waals surface area contributed by atoms with Gasteiger partial charge >= 0.3 is 0 Å². The molecule has 3 heteroatoms. The minimum Gasteiger partial charge on any atom is -0.495 e. The Morgan fingerprint density at radius 3 is 2.76 bits per heavy atom. The van der Waals surface area contributed by atoms with Crippen molar-refractivity contribution in [2.24, 2.45) is 0 Å². The number of aromatic nitrogens is 1. The first-order chi connectivity index (χ1) is 8.17. The number of H-pyrrole nitrogens is 1. The Balaban J connectivity index is 2.85. The number of nitrogens with one attached hydrogen (secondary N) is 1.